The zero-order valence-corrected chi connectivity index (χ0v) is 24.2. The van der Waals surface area contributed by atoms with Crippen LogP contribution in [0.15, 0.2) is 133 Å². The molecule has 0 radical (unpaired) electrons. The van der Waals surface area contributed by atoms with Crippen LogP contribution in [0.2, 0.25) is 0 Å². The van der Waals surface area contributed by atoms with Gasteiger partial charge >= 0.3 is 0 Å². The Morgan fingerprint density at radius 3 is 1.70 bits per heavy atom. The Morgan fingerprint density at radius 1 is 0.500 bits per heavy atom. The third-order valence-corrected chi connectivity index (χ3v) is 8.19. The molecule has 0 spiro atoms. The van der Waals surface area contributed by atoms with Crippen molar-refractivity contribution in [3.8, 4) is 12.1 Å². The highest BCUT2D eigenvalue weighted by atomic mass is 15.1. The summed E-state index contributed by atoms with van der Waals surface area (Å²) in [5.41, 5.74) is 7.75. The normalized spacial score (nSPS) is 11.2. The summed E-state index contributed by atoms with van der Waals surface area (Å²) < 4.78 is 0. The summed E-state index contributed by atoms with van der Waals surface area (Å²) in [6, 6.07) is 50.4. The fourth-order valence-electron chi connectivity index (χ4n) is 5.99. The van der Waals surface area contributed by atoms with Crippen molar-refractivity contribution < 1.29 is 0 Å². The summed E-state index contributed by atoms with van der Waals surface area (Å²) in [5, 5.41) is 25.6. The molecule has 0 N–H and O–H groups in total. The molecule has 44 heavy (non-hydrogen) atoms. The highest BCUT2D eigenvalue weighted by Crippen LogP contribution is 2.39. The lowest BCUT2D eigenvalue weighted by Gasteiger charge is -2.27. The minimum atomic E-state index is 0.596. The average Bonchev–Trinajstić information content (AvgIpc) is 3.07. The topological polar surface area (TPSA) is 50.8 Å². The molecule has 206 valence electrons. The van der Waals surface area contributed by atoms with E-state index in [1.54, 1.807) is 0 Å². The van der Waals surface area contributed by atoms with Crippen molar-refractivity contribution in [2.75, 3.05) is 4.90 Å². The molecule has 3 heteroatoms. The summed E-state index contributed by atoms with van der Waals surface area (Å²) in [5.74, 6) is 0. The molecule has 0 aromatic heterocycles. The molecule has 0 heterocycles. The van der Waals surface area contributed by atoms with Gasteiger partial charge in [-0.15, -0.1) is 0 Å². The lowest BCUT2D eigenvalue weighted by Crippen LogP contribution is -2.10. The third-order valence-electron chi connectivity index (χ3n) is 8.19. The van der Waals surface area contributed by atoms with Crippen LogP contribution in [0.1, 0.15) is 27.8 Å². The number of aryl methyl sites for hydroxylation is 1. The third kappa shape index (κ3) is 4.74. The number of nitrogens with zero attached hydrogens (tertiary/aromatic N) is 3. The highest BCUT2D eigenvalue weighted by Gasteiger charge is 2.16. The number of fused-ring (bicyclic) bond motifs is 3. The second kappa shape index (κ2) is 11.3. The molecule has 0 unspecified atom stereocenters. The second-order valence-electron chi connectivity index (χ2n) is 10.9. The van der Waals surface area contributed by atoms with Gasteiger partial charge in [-0.05, 0) is 59.8 Å². The first-order chi connectivity index (χ1) is 21.6. The quantitative estimate of drug-likeness (QED) is 0.155. The highest BCUT2D eigenvalue weighted by molar-refractivity contribution is 6.10. The average molecular weight is 562 g/mol. The van der Waals surface area contributed by atoms with Crippen LogP contribution in [-0.2, 0) is 0 Å². The van der Waals surface area contributed by atoms with Gasteiger partial charge < -0.3 is 4.90 Å². The van der Waals surface area contributed by atoms with Crippen LogP contribution >= 0.6 is 0 Å². The standard InChI is InChI=1S/C41H27N3/c1-28-13-20-32(21-14-28)44(41-12-6-8-31-7-2-3-9-34(31)41)33-22-17-29(18-23-33)15-16-30-19-24-37-38(25-30)40(27-43)36-11-5-4-10-35(36)39(37)26-42/h2-25H,1H3/b16-15+. The maximum absolute atomic E-state index is 10.0. The fraction of sp³-hybridized carbons (Fsp3) is 0.0244. The molecule has 7 aromatic rings. The molecule has 7 aromatic carbocycles. The van der Waals surface area contributed by atoms with Gasteiger partial charge in [0.05, 0.1) is 16.8 Å². The molecule has 0 saturated carbocycles. The van der Waals surface area contributed by atoms with E-state index < -0.39 is 0 Å². The van der Waals surface area contributed by atoms with Crippen molar-refractivity contribution in [2.45, 2.75) is 6.92 Å². The van der Waals surface area contributed by atoms with Crippen LogP contribution in [0.25, 0.3) is 44.5 Å². The molecule has 0 amide bonds. The molecule has 0 fully saturated rings. The number of hydrogen-bond donors (Lipinski definition) is 0. The predicted octanol–water partition coefficient (Wildman–Crippen LogP) is 10.8. The van der Waals surface area contributed by atoms with Gasteiger partial charge in [0.15, 0.2) is 0 Å². The fourth-order valence-corrected chi connectivity index (χ4v) is 5.99. The summed E-state index contributed by atoms with van der Waals surface area (Å²) in [6.07, 6.45) is 4.14. The van der Waals surface area contributed by atoms with Gasteiger partial charge in [0.1, 0.15) is 12.1 Å². The first kappa shape index (κ1) is 26.7. The van der Waals surface area contributed by atoms with Crippen LogP contribution < -0.4 is 4.90 Å². The van der Waals surface area contributed by atoms with E-state index in [0.29, 0.717) is 11.1 Å². The van der Waals surface area contributed by atoms with Gasteiger partial charge in [-0.1, -0.05) is 115 Å². The maximum Gasteiger partial charge on any atom is 0.100 e. The van der Waals surface area contributed by atoms with E-state index in [2.05, 4.69) is 127 Å². The van der Waals surface area contributed by atoms with Crippen molar-refractivity contribution in [3.63, 3.8) is 0 Å². The number of anilines is 3. The second-order valence-corrected chi connectivity index (χ2v) is 10.9. The Hall–Kier alpha value is -6.16. The lowest BCUT2D eigenvalue weighted by atomic mass is 9.91. The molecular weight excluding hydrogens is 534 g/mol. The first-order valence-electron chi connectivity index (χ1n) is 14.6. The van der Waals surface area contributed by atoms with E-state index >= 15 is 0 Å². The van der Waals surface area contributed by atoms with Crippen molar-refractivity contribution in [1.82, 2.24) is 0 Å². The van der Waals surface area contributed by atoms with Crippen molar-refractivity contribution in [3.05, 3.63) is 161 Å². The van der Waals surface area contributed by atoms with Gasteiger partial charge in [-0.25, -0.2) is 0 Å². The van der Waals surface area contributed by atoms with Crippen molar-refractivity contribution >= 4 is 61.5 Å². The molecule has 3 nitrogen and oxygen atoms in total. The van der Waals surface area contributed by atoms with E-state index in [9.17, 15) is 10.5 Å². The minimum absolute atomic E-state index is 0.596. The Morgan fingerprint density at radius 2 is 1.02 bits per heavy atom. The number of rotatable bonds is 5. The van der Waals surface area contributed by atoms with E-state index in [-0.39, 0.29) is 0 Å². The lowest BCUT2D eigenvalue weighted by molar-refractivity contribution is 1.29. The molecule has 0 atom stereocenters. The number of benzene rings is 7. The van der Waals surface area contributed by atoms with Crippen LogP contribution in [0.5, 0.6) is 0 Å². The van der Waals surface area contributed by atoms with Crippen LogP contribution in [0.4, 0.5) is 17.1 Å². The monoisotopic (exact) mass is 561 g/mol. The zero-order valence-electron chi connectivity index (χ0n) is 24.2. The van der Waals surface area contributed by atoms with Crippen LogP contribution in [0.3, 0.4) is 0 Å². The number of hydrogen-bond acceptors (Lipinski definition) is 3. The van der Waals surface area contributed by atoms with E-state index in [1.807, 2.05) is 42.5 Å². The molecule has 0 bridgehead atoms. The Balaban J connectivity index is 1.26. The summed E-state index contributed by atoms with van der Waals surface area (Å²) in [6.45, 7) is 2.11. The van der Waals surface area contributed by atoms with Gasteiger partial charge in [0, 0.05) is 38.3 Å². The molecular formula is C41H27N3. The van der Waals surface area contributed by atoms with E-state index in [1.165, 1.54) is 16.3 Å². The van der Waals surface area contributed by atoms with Gasteiger partial charge in [0.25, 0.3) is 0 Å². The minimum Gasteiger partial charge on any atom is -0.310 e. The zero-order chi connectivity index (χ0) is 30.0. The molecule has 0 saturated heterocycles. The molecule has 0 aliphatic rings. The Kier molecular flexibility index (Phi) is 6.84. The molecule has 7 rings (SSSR count). The maximum atomic E-state index is 10.0. The van der Waals surface area contributed by atoms with Gasteiger partial charge in [-0.3, -0.25) is 0 Å². The predicted molar refractivity (Wildman–Crippen MR) is 183 cm³/mol. The van der Waals surface area contributed by atoms with Crippen LogP contribution in [0, 0.1) is 29.6 Å². The van der Waals surface area contributed by atoms with Gasteiger partial charge in [0.2, 0.25) is 0 Å². The van der Waals surface area contributed by atoms with E-state index in [4.69, 9.17) is 0 Å². The van der Waals surface area contributed by atoms with Crippen molar-refractivity contribution in [1.29, 1.82) is 10.5 Å². The summed E-state index contributed by atoms with van der Waals surface area (Å²) in [4.78, 5) is 2.30. The van der Waals surface area contributed by atoms with Crippen molar-refractivity contribution in [2.24, 2.45) is 0 Å². The smallest absolute Gasteiger partial charge is 0.100 e. The largest absolute Gasteiger partial charge is 0.310 e. The van der Waals surface area contributed by atoms with Gasteiger partial charge in [-0.2, -0.15) is 10.5 Å². The van der Waals surface area contributed by atoms with E-state index in [0.717, 1.165) is 49.7 Å². The molecule has 0 aliphatic heterocycles. The number of nitriles is 2. The Bertz CT molecular complexity index is 2290. The Labute approximate surface area is 256 Å². The SMILES string of the molecule is Cc1ccc(N(c2ccc(/C=C/c3ccc4c(C#N)c5ccccc5c(C#N)c4c3)cc2)c2cccc3ccccc23)cc1. The summed E-state index contributed by atoms with van der Waals surface area (Å²) >= 11 is 0. The molecule has 0 aliphatic carbocycles. The van der Waals surface area contributed by atoms with Crippen LogP contribution in [-0.4, -0.2) is 0 Å². The first-order valence-corrected chi connectivity index (χ1v) is 14.6. The summed E-state index contributed by atoms with van der Waals surface area (Å²) in [7, 11) is 0.